The molecule has 0 amide bonds. The summed E-state index contributed by atoms with van der Waals surface area (Å²) in [7, 11) is 0. The molecule has 0 aromatic heterocycles. The lowest BCUT2D eigenvalue weighted by Gasteiger charge is -2.52. The Kier molecular flexibility index (Phi) is 3.42. The van der Waals surface area contributed by atoms with E-state index in [1.165, 1.54) is 51.4 Å². The third-order valence-corrected chi connectivity index (χ3v) is 7.23. The molecule has 1 unspecified atom stereocenters. The Bertz CT molecular complexity index is 451. The average molecular weight is 272 g/mol. The number of allylic oxidation sites excluding steroid dienone is 3. The topological polar surface area (TPSA) is 0 Å². The van der Waals surface area contributed by atoms with Crippen LogP contribution in [0.3, 0.4) is 0 Å². The van der Waals surface area contributed by atoms with Crippen LogP contribution in [0.2, 0.25) is 0 Å². The summed E-state index contributed by atoms with van der Waals surface area (Å²) in [6, 6.07) is 0. The molecule has 0 aromatic carbocycles. The zero-order chi connectivity index (χ0) is 14.5. The third kappa shape index (κ3) is 2.11. The molecule has 112 valence electrons. The standard InChI is InChI=1S/C20H32/c1-14-7-6-11-20(5)12-10-17-15(2)8-9-16(13-18(14)20)19(17,3)4/h16,18H,1,6-13H2,2-5H3/t16?,18-,20+/m1/s1. The van der Waals surface area contributed by atoms with Gasteiger partial charge in [0, 0.05) is 0 Å². The Morgan fingerprint density at radius 2 is 1.80 bits per heavy atom. The van der Waals surface area contributed by atoms with Crippen LogP contribution in [0, 0.1) is 22.7 Å². The summed E-state index contributed by atoms with van der Waals surface area (Å²) in [5.41, 5.74) is 6.06. The van der Waals surface area contributed by atoms with E-state index in [9.17, 15) is 0 Å². The van der Waals surface area contributed by atoms with Gasteiger partial charge in [0.25, 0.3) is 0 Å². The van der Waals surface area contributed by atoms with Gasteiger partial charge < -0.3 is 0 Å². The van der Waals surface area contributed by atoms with E-state index in [2.05, 4.69) is 34.3 Å². The van der Waals surface area contributed by atoms with E-state index in [0.29, 0.717) is 10.8 Å². The molecule has 0 heterocycles. The van der Waals surface area contributed by atoms with Gasteiger partial charge in [-0.15, -0.1) is 0 Å². The minimum atomic E-state index is 0.432. The van der Waals surface area contributed by atoms with Crippen LogP contribution < -0.4 is 0 Å². The lowest BCUT2D eigenvalue weighted by molar-refractivity contribution is 0.0696. The third-order valence-electron chi connectivity index (χ3n) is 7.23. The van der Waals surface area contributed by atoms with Crippen LogP contribution in [-0.4, -0.2) is 0 Å². The first-order valence-corrected chi connectivity index (χ1v) is 8.71. The summed E-state index contributed by atoms with van der Waals surface area (Å²) in [4.78, 5) is 0. The minimum Gasteiger partial charge on any atom is -0.0996 e. The monoisotopic (exact) mass is 272 g/mol. The Hall–Kier alpha value is -0.520. The van der Waals surface area contributed by atoms with Crippen molar-refractivity contribution < 1.29 is 0 Å². The van der Waals surface area contributed by atoms with Crippen molar-refractivity contribution in [1.29, 1.82) is 0 Å². The van der Waals surface area contributed by atoms with Crippen molar-refractivity contribution >= 4 is 0 Å². The lowest BCUT2D eigenvalue weighted by atomic mass is 9.53. The fourth-order valence-electron chi connectivity index (χ4n) is 5.65. The molecular formula is C20H32. The van der Waals surface area contributed by atoms with E-state index < -0.39 is 0 Å². The first kappa shape index (κ1) is 14.4. The Balaban J connectivity index is 1.99. The van der Waals surface area contributed by atoms with Crippen molar-refractivity contribution in [1.82, 2.24) is 0 Å². The van der Waals surface area contributed by atoms with Gasteiger partial charge in [0.15, 0.2) is 0 Å². The summed E-state index contributed by atoms with van der Waals surface area (Å²) < 4.78 is 0. The maximum Gasteiger partial charge on any atom is -0.0114 e. The SMILES string of the molecule is C=C1CCC[C@@]2(C)CCC3=C(C)CCC(C[C@H]12)C3(C)C. The second-order valence-electron chi connectivity index (χ2n) is 8.67. The maximum atomic E-state index is 4.47. The van der Waals surface area contributed by atoms with Gasteiger partial charge >= 0.3 is 0 Å². The molecule has 0 aliphatic heterocycles. The largest absolute Gasteiger partial charge is 0.0996 e. The van der Waals surface area contributed by atoms with Gasteiger partial charge in [0.1, 0.15) is 0 Å². The van der Waals surface area contributed by atoms with Gasteiger partial charge in [-0.05, 0) is 81.0 Å². The zero-order valence-corrected chi connectivity index (χ0v) is 14.0. The summed E-state index contributed by atoms with van der Waals surface area (Å²) in [5.74, 6) is 1.67. The van der Waals surface area contributed by atoms with Gasteiger partial charge in [0.05, 0.1) is 0 Å². The lowest BCUT2D eigenvalue weighted by Crippen LogP contribution is -2.41. The number of fused-ring (bicyclic) bond motifs is 3. The van der Waals surface area contributed by atoms with E-state index in [1.807, 2.05) is 5.57 Å². The summed E-state index contributed by atoms with van der Waals surface area (Å²) in [6.07, 6.45) is 11.0. The van der Waals surface area contributed by atoms with Crippen molar-refractivity contribution in [3.05, 3.63) is 23.3 Å². The Morgan fingerprint density at radius 3 is 2.55 bits per heavy atom. The fourth-order valence-corrected chi connectivity index (χ4v) is 5.65. The average Bonchev–Trinajstić information content (AvgIpc) is 2.35. The normalized spacial score (nSPS) is 40.9. The highest BCUT2D eigenvalue weighted by molar-refractivity contribution is 5.27. The first-order valence-electron chi connectivity index (χ1n) is 8.71. The van der Waals surface area contributed by atoms with Crippen molar-refractivity contribution in [2.75, 3.05) is 0 Å². The van der Waals surface area contributed by atoms with Gasteiger partial charge in [-0.1, -0.05) is 44.1 Å². The maximum absolute atomic E-state index is 4.47. The van der Waals surface area contributed by atoms with E-state index in [1.54, 1.807) is 11.1 Å². The molecular weight excluding hydrogens is 240 g/mol. The van der Waals surface area contributed by atoms with E-state index >= 15 is 0 Å². The summed E-state index contributed by atoms with van der Waals surface area (Å²) in [5, 5.41) is 0. The van der Waals surface area contributed by atoms with Crippen LogP contribution >= 0.6 is 0 Å². The molecule has 2 fully saturated rings. The molecule has 3 aliphatic rings. The first-order chi connectivity index (χ1) is 9.34. The quantitative estimate of drug-likeness (QED) is 0.455. The number of hydrogen-bond acceptors (Lipinski definition) is 0. The van der Waals surface area contributed by atoms with Gasteiger partial charge in [-0.3, -0.25) is 0 Å². The fraction of sp³-hybridized carbons (Fsp3) is 0.800. The second-order valence-corrected chi connectivity index (χ2v) is 8.67. The molecule has 2 saturated carbocycles. The molecule has 0 nitrogen and oxygen atoms in total. The van der Waals surface area contributed by atoms with Crippen LogP contribution in [0.15, 0.2) is 23.3 Å². The molecule has 0 aromatic rings. The predicted molar refractivity (Wildman–Crippen MR) is 87.6 cm³/mol. The highest BCUT2D eigenvalue weighted by atomic mass is 14.5. The summed E-state index contributed by atoms with van der Waals surface area (Å²) in [6.45, 7) is 14.5. The minimum absolute atomic E-state index is 0.432. The molecule has 3 atom stereocenters. The van der Waals surface area contributed by atoms with Crippen LogP contribution in [0.5, 0.6) is 0 Å². The molecule has 0 radical (unpaired) electrons. The van der Waals surface area contributed by atoms with Crippen LogP contribution in [0.4, 0.5) is 0 Å². The van der Waals surface area contributed by atoms with E-state index in [-0.39, 0.29) is 0 Å². The zero-order valence-electron chi connectivity index (χ0n) is 14.0. The second kappa shape index (κ2) is 4.75. The highest BCUT2D eigenvalue weighted by Crippen LogP contribution is 2.58. The number of hydrogen-bond donors (Lipinski definition) is 0. The molecule has 0 spiro atoms. The van der Waals surface area contributed by atoms with Crippen LogP contribution in [0.1, 0.15) is 79.1 Å². The molecule has 0 heteroatoms. The van der Waals surface area contributed by atoms with Crippen LogP contribution in [-0.2, 0) is 0 Å². The van der Waals surface area contributed by atoms with Crippen molar-refractivity contribution in [2.45, 2.75) is 79.1 Å². The van der Waals surface area contributed by atoms with E-state index in [4.69, 9.17) is 0 Å². The molecule has 3 aliphatic carbocycles. The van der Waals surface area contributed by atoms with Crippen molar-refractivity contribution in [3.63, 3.8) is 0 Å². The molecule has 0 N–H and O–H groups in total. The van der Waals surface area contributed by atoms with Gasteiger partial charge in [-0.2, -0.15) is 0 Å². The Labute approximate surface area is 125 Å². The Morgan fingerprint density at radius 1 is 1.05 bits per heavy atom. The highest BCUT2D eigenvalue weighted by Gasteiger charge is 2.46. The summed E-state index contributed by atoms with van der Waals surface area (Å²) >= 11 is 0. The number of rotatable bonds is 0. The van der Waals surface area contributed by atoms with Crippen LogP contribution in [0.25, 0.3) is 0 Å². The molecule has 20 heavy (non-hydrogen) atoms. The molecule has 2 bridgehead atoms. The molecule has 0 saturated heterocycles. The molecule has 3 rings (SSSR count). The smallest absolute Gasteiger partial charge is 0.0114 e. The van der Waals surface area contributed by atoms with Crippen molar-refractivity contribution in [2.24, 2.45) is 22.7 Å². The van der Waals surface area contributed by atoms with Crippen molar-refractivity contribution in [3.8, 4) is 0 Å². The van der Waals surface area contributed by atoms with Gasteiger partial charge in [0.2, 0.25) is 0 Å². The van der Waals surface area contributed by atoms with Gasteiger partial charge in [-0.25, -0.2) is 0 Å². The predicted octanol–water partition coefficient (Wildman–Crippen LogP) is 6.29. The van der Waals surface area contributed by atoms with E-state index in [0.717, 1.165) is 11.8 Å².